The van der Waals surface area contributed by atoms with E-state index >= 15 is 0 Å². The predicted molar refractivity (Wildman–Crippen MR) is 62.4 cm³/mol. The number of hydrogen-bond acceptors (Lipinski definition) is 2. The molecule has 0 aliphatic carbocycles. The number of imidazole rings is 1. The molecule has 3 heterocycles. The van der Waals surface area contributed by atoms with Gasteiger partial charge in [0.05, 0.1) is 11.8 Å². The molecular weight excluding hydrogens is 257 g/mol. The van der Waals surface area contributed by atoms with Crippen LogP contribution < -0.4 is 0 Å². The molecule has 0 aromatic carbocycles. The minimum absolute atomic E-state index is 0.410. The fourth-order valence-corrected chi connectivity index (χ4v) is 1.96. The van der Waals surface area contributed by atoms with Crippen LogP contribution in [-0.4, -0.2) is 19.2 Å². The summed E-state index contributed by atoms with van der Waals surface area (Å²) in [6, 6.07) is 1.10. The third-order valence-corrected chi connectivity index (χ3v) is 2.83. The van der Waals surface area contributed by atoms with Crippen LogP contribution >= 0.6 is 0 Å². The molecule has 0 spiro atoms. The number of rotatable bonds is 1. The molecule has 3 aromatic heterocycles. The van der Waals surface area contributed by atoms with Gasteiger partial charge in [-0.2, -0.15) is 18.3 Å². The lowest BCUT2D eigenvalue weighted by Crippen LogP contribution is -2.07. The fraction of sp³-hybridized carbons (Fsp3) is 0.167. The molecule has 3 aromatic rings. The molecule has 19 heavy (non-hydrogen) atoms. The minimum atomic E-state index is -4.39. The average molecular weight is 266 g/mol. The van der Waals surface area contributed by atoms with Crippen LogP contribution in [0.3, 0.4) is 0 Å². The Morgan fingerprint density at radius 1 is 1.21 bits per heavy atom. The molecular formula is C12H9F3N4. The molecule has 0 bridgehead atoms. The normalized spacial score (nSPS) is 12.2. The summed E-state index contributed by atoms with van der Waals surface area (Å²) in [6.07, 6.45) is 2.77. The van der Waals surface area contributed by atoms with Gasteiger partial charge < -0.3 is 4.40 Å². The molecule has 7 heteroatoms. The van der Waals surface area contributed by atoms with E-state index in [-0.39, 0.29) is 0 Å². The zero-order valence-corrected chi connectivity index (χ0v) is 9.89. The van der Waals surface area contributed by atoms with Gasteiger partial charge >= 0.3 is 6.18 Å². The molecule has 0 aliphatic rings. The first-order valence-electron chi connectivity index (χ1n) is 5.48. The van der Waals surface area contributed by atoms with Crippen molar-refractivity contribution in [3.63, 3.8) is 0 Å². The zero-order chi connectivity index (χ0) is 13.6. The van der Waals surface area contributed by atoms with E-state index in [1.807, 2.05) is 0 Å². The van der Waals surface area contributed by atoms with Crippen LogP contribution in [-0.2, 0) is 13.2 Å². The molecule has 4 nitrogen and oxygen atoms in total. The quantitative estimate of drug-likeness (QED) is 0.679. The van der Waals surface area contributed by atoms with E-state index in [0.29, 0.717) is 16.8 Å². The average Bonchev–Trinajstić information content (AvgIpc) is 2.94. The van der Waals surface area contributed by atoms with Crippen molar-refractivity contribution >= 4 is 5.65 Å². The first-order valence-corrected chi connectivity index (χ1v) is 5.48. The van der Waals surface area contributed by atoms with E-state index in [2.05, 4.69) is 10.1 Å². The minimum Gasteiger partial charge on any atom is -0.306 e. The van der Waals surface area contributed by atoms with Crippen molar-refractivity contribution in [3.05, 3.63) is 42.6 Å². The molecule has 0 N–H and O–H groups in total. The monoisotopic (exact) mass is 266 g/mol. The SMILES string of the molecule is Cn1cc(-c2cc(C(F)(F)F)cn3ccnc23)cn1. The summed E-state index contributed by atoms with van der Waals surface area (Å²) in [4.78, 5) is 4.09. The Hall–Kier alpha value is -2.31. The highest BCUT2D eigenvalue weighted by atomic mass is 19.4. The van der Waals surface area contributed by atoms with Gasteiger partial charge in [-0.25, -0.2) is 4.98 Å². The topological polar surface area (TPSA) is 35.1 Å². The highest BCUT2D eigenvalue weighted by Crippen LogP contribution is 2.33. The van der Waals surface area contributed by atoms with Crippen LogP contribution in [0, 0.1) is 0 Å². The maximum atomic E-state index is 12.9. The number of hydrogen-bond donors (Lipinski definition) is 0. The van der Waals surface area contributed by atoms with E-state index in [1.54, 1.807) is 13.2 Å². The number of aryl methyl sites for hydroxylation is 1. The van der Waals surface area contributed by atoms with Crippen LogP contribution in [0.5, 0.6) is 0 Å². The van der Waals surface area contributed by atoms with E-state index in [9.17, 15) is 13.2 Å². The Morgan fingerprint density at radius 2 is 2.00 bits per heavy atom. The van der Waals surface area contributed by atoms with Crippen molar-refractivity contribution in [2.75, 3.05) is 0 Å². The van der Waals surface area contributed by atoms with Gasteiger partial charge in [0, 0.05) is 43.0 Å². The molecule has 0 atom stereocenters. The van der Waals surface area contributed by atoms with Gasteiger partial charge in [0.25, 0.3) is 0 Å². The van der Waals surface area contributed by atoms with Gasteiger partial charge in [-0.3, -0.25) is 4.68 Å². The summed E-state index contributed by atoms with van der Waals surface area (Å²) in [7, 11) is 1.71. The molecule has 0 saturated heterocycles. The van der Waals surface area contributed by atoms with Crippen LogP contribution in [0.2, 0.25) is 0 Å². The fourth-order valence-electron chi connectivity index (χ4n) is 1.96. The van der Waals surface area contributed by atoms with E-state index in [1.165, 1.54) is 27.7 Å². The molecule has 0 amide bonds. The van der Waals surface area contributed by atoms with Crippen molar-refractivity contribution in [2.45, 2.75) is 6.18 Å². The van der Waals surface area contributed by atoms with Gasteiger partial charge in [-0.1, -0.05) is 0 Å². The van der Waals surface area contributed by atoms with Gasteiger partial charge in [0.2, 0.25) is 0 Å². The van der Waals surface area contributed by atoms with Crippen molar-refractivity contribution in [2.24, 2.45) is 7.05 Å². The third kappa shape index (κ3) is 1.96. The van der Waals surface area contributed by atoms with Crippen molar-refractivity contribution in [1.29, 1.82) is 0 Å². The van der Waals surface area contributed by atoms with E-state index in [4.69, 9.17) is 0 Å². The van der Waals surface area contributed by atoms with E-state index in [0.717, 1.165) is 12.3 Å². The van der Waals surface area contributed by atoms with Gasteiger partial charge in [-0.15, -0.1) is 0 Å². The first kappa shape index (κ1) is 11.8. The maximum Gasteiger partial charge on any atom is 0.417 e. The van der Waals surface area contributed by atoms with Crippen molar-refractivity contribution < 1.29 is 13.2 Å². The molecule has 0 radical (unpaired) electrons. The van der Waals surface area contributed by atoms with Gasteiger partial charge in [0.15, 0.2) is 0 Å². The van der Waals surface area contributed by atoms with Crippen molar-refractivity contribution in [1.82, 2.24) is 19.2 Å². The van der Waals surface area contributed by atoms with Crippen molar-refractivity contribution in [3.8, 4) is 11.1 Å². The lowest BCUT2D eigenvalue weighted by molar-refractivity contribution is -0.137. The highest BCUT2D eigenvalue weighted by Gasteiger charge is 2.32. The second-order valence-electron chi connectivity index (χ2n) is 4.20. The Labute approximate surface area is 106 Å². The number of alkyl halides is 3. The number of halogens is 3. The Kier molecular flexibility index (Phi) is 2.38. The molecule has 0 aliphatic heterocycles. The summed E-state index contributed by atoms with van der Waals surface area (Å²) in [5.41, 5.74) is 0.774. The van der Waals surface area contributed by atoms with Gasteiger partial charge in [-0.05, 0) is 6.07 Å². The largest absolute Gasteiger partial charge is 0.417 e. The smallest absolute Gasteiger partial charge is 0.306 e. The summed E-state index contributed by atoms with van der Waals surface area (Å²) in [5, 5.41) is 3.97. The maximum absolute atomic E-state index is 12.9. The third-order valence-electron chi connectivity index (χ3n) is 2.83. The lowest BCUT2D eigenvalue weighted by Gasteiger charge is -2.10. The molecule has 0 fully saturated rings. The number of pyridine rings is 1. The highest BCUT2D eigenvalue weighted by molar-refractivity contribution is 5.77. The molecule has 98 valence electrons. The molecule has 0 saturated carbocycles. The van der Waals surface area contributed by atoms with Crippen LogP contribution in [0.25, 0.3) is 16.8 Å². The van der Waals surface area contributed by atoms with Gasteiger partial charge in [0.1, 0.15) is 5.65 Å². The summed E-state index contributed by atoms with van der Waals surface area (Å²) in [5.74, 6) is 0. The Bertz CT molecular complexity index is 739. The second kappa shape index (κ2) is 3.84. The lowest BCUT2D eigenvalue weighted by atomic mass is 10.1. The summed E-state index contributed by atoms with van der Waals surface area (Å²) < 4.78 is 41.5. The van der Waals surface area contributed by atoms with E-state index < -0.39 is 11.7 Å². The Balaban J connectivity index is 2.30. The summed E-state index contributed by atoms with van der Waals surface area (Å²) in [6.45, 7) is 0. The standard InChI is InChI=1S/C12H9F3N4/c1-18-6-8(5-17-18)10-4-9(12(13,14)15)7-19-3-2-16-11(10)19/h2-7H,1H3. The molecule has 3 rings (SSSR count). The number of fused-ring (bicyclic) bond motifs is 1. The number of aromatic nitrogens is 4. The number of nitrogens with zero attached hydrogens (tertiary/aromatic N) is 4. The predicted octanol–water partition coefficient (Wildman–Crippen LogP) is 2.75. The second-order valence-corrected chi connectivity index (χ2v) is 4.20. The van der Waals surface area contributed by atoms with Crippen LogP contribution in [0.4, 0.5) is 13.2 Å². The van der Waals surface area contributed by atoms with Crippen LogP contribution in [0.15, 0.2) is 37.1 Å². The van der Waals surface area contributed by atoms with Crippen LogP contribution in [0.1, 0.15) is 5.56 Å². The first-order chi connectivity index (χ1) is 8.95. The molecule has 0 unspecified atom stereocenters. The zero-order valence-electron chi connectivity index (χ0n) is 9.89. The summed E-state index contributed by atoms with van der Waals surface area (Å²) >= 11 is 0. The Morgan fingerprint density at radius 3 is 2.63 bits per heavy atom.